The largest absolute Gasteiger partial charge is 0.378 e. The Morgan fingerprint density at radius 2 is 2.00 bits per heavy atom. The van der Waals surface area contributed by atoms with Crippen LogP contribution < -0.4 is 5.32 Å². The molecular formula is C16H23ClN2O2. The van der Waals surface area contributed by atoms with E-state index < -0.39 is 0 Å². The van der Waals surface area contributed by atoms with Gasteiger partial charge in [0.15, 0.2) is 0 Å². The number of morpholine rings is 1. The van der Waals surface area contributed by atoms with Crippen molar-refractivity contribution in [2.24, 2.45) is 0 Å². The minimum atomic E-state index is 0. The number of benzene rings is 1. The maximum Gasteiger partial charge on any atom is 0.224 e. The molecule has 1 aliphatic carbocycles. The van der Waals surface area contributed by atoms with Crippen molar-refractivity contribution in [2.45, 2.75) is 31.3 Å². The molecule has 21 heavy (non-hydrogen) atoms. The van der Waals surface area contributed by atoms with E-state index in [1.54, 1.807) is 0 Å². The molecule has 4 nitrogen and oxygen atoms in total. The van der Waals surface area contributed by atoms with Crippen LogP contribution in [0.25, 0.3) is 0 Å². The summed E-state index contributed by atoms with van der Waals surface area (Å²) >= 11 is 0. The molecule has 2 aliphatic rings. The third-order valence-electron chi connectivity index (χ3n) is 4.39. The normalized spacial score (nSPS) is 21.5. The van der Waals surface area contributed by atoms with Crippen molar-refractivity contribution in [3.63, 3.8) is 0 Å². The lowest BCUT2D eigenvalue weighted by molar-refractivity contribution is -0.133. The smallest absolute Gasteiger partial charge is 0.224 e. The Morgan fingerprint density at radius 1 is 1.33 bits per heavy atom. The average molecular weight is 311 g/mol. The van der Waals surface area contributed by atoms with Crippen molar-refractivity contribution in [2.75, 3.05) is 26.8 Å². The SMILES string of the molecule is CN(C(=O)CC1COCCN1)C1Cc2ccccc2C1.Cl. The van der Waals surface area contributed by atoms with Gasteiger partial charge in [-0.1, -0.05) is 24.3 Å². The lowest BCUT2D eigenvalue weighted by atomic mass is 10.1. The minimum absolute atomic E-state index is 0. The van der Waals surface area contributed by atoms with Crippen molar-refractivity contribution in [3.05, 3.63) is 35.4 Å². The zero-order valence-corrected chi connectivity index (χ0v) is 13.2. The predicted octanol–water partition coefficient (Wildman–Crippen LogP) is 1.41. The maximum atomic E-state index is 12.4. The zero-order valence-electron chi connectivity index (χ0n) is 12.4. The second-order valence-electron chi connectivity index (χ2n) is 5.77. The van der Waals surface area contributed by atoms with Crippen molar-refractivity contribution in [1.29, 1.82) is 0 Å². The lowest BCUT2D eigenvalue weighted by Crippen LogP contribution is -2.46. The molecular weight excluding hydrogens is 288 g/mol. The molecule has 0 aromatic heterocycles. The van der Waals surface area contributed by atoms with E-state index in [0.717, 1.165) is 26.0 Å². The Hall–Kier alpha value is -1.10. The number of rotatable bonds is 3. The predicted molar refractivity (Wildman–Crippen MR) is 84.9 cm³/mol. The highest BCUT2D eigenvalue weighted by atomic mass is 35.5. The summed E-state index contributed by atoms with van der Waals surface area (Å²) < 4.78 is 5.41. The molecule has 1 N–H and O–H groups in total. The summed E-state index contributed by atoms with van der Waals surface area (Å²) in [6, 6.07) is 8.97. The summed E-state index contributed by atoms with van der Waals surface area (Å²) in [5.74, 6) is 0.214. The van der Waals surface area contributed by atoms with Crippen LogP contribution >= 0.6 is 12.4 Å². The van der Waals surface area contributed by atoms with Gasteiger partial charge in [0.1, 0.15) is 0 Å². The number of nitrogens with one attached hydrogen (secondary N) is 1. The molecule has 1 aromatic carbocycles. The standard InChI is InChI=1S/C16H22N2O2.ClH/c1-18(16(19)10-14-11-20-7-6-17-14)15-8-12-4-2-3-5-13(12)9-15;/h2-5,14-15,17H,6-11H2,1H3;1H. The van der Waals surface area contributed by atoms with E-state index in [0.29, 0.717) is 19.1 Å². The fourth-order valence-corrected chi connectivity index (χ4v) is 3.12. The lowest BCUT2D eigenvalue weighted by Gasteiger charge is -2.28. The Morgan fingerprint density at radius 3 is 2.57 bits per heavy atom. The van der Waals surface area contributed by atoms with Gasteiger partial charge in [0.2, 0.25) is 5.91 Å². The molecule has 1 unspecified atom stereocenters. The first-order valence-corrected chi connectivity index (χ1v) is 7.37. The van der Waals surface area contributed by atoms with Crippen molar-refractivity contribution >= 4 is 18.3 Å². The van der Waals surface area contributed by atoms with Gasteiger partial charge in [-0.15, -0.1) is 12.4 Å². The molecule has 1 aromatic rings. The quantitative estimate of drug-likeness (QED) is 0.918. The first kappa shape index (κ1) is 16.3. The Kier molecular flexibility index (Phi) is 5.62. The third kappa shape index (κ3) is 3.76. The molecule has 1 atom stereocenters. The average Bonchev–Trinajstić information content (AvgIpc) is 2.91. The van der Waals surface area contributed by atoms with Gasteiger partial charge >= 0.3 is 0 Å². The maximum absolute atomic E-state index is 12.4. The molecule has 0 bridgehead atoms. The van der Waals surface area contributed by atoms with Crippen molar-refractivity contribution in [3.8, 4) is 0 Å². The number of likely N-dealkylation sites (N-methyl/N-ethyl adjacent to an activating group) is 1. The molecule has 116 valence electrons. The van der Waals surface area contributed by atoms with Crippen LogP contribution in [0, 0.1) is 0 Å². The fraction of sp³-hybridized carbons (Fsp3) is 0.562. The van der Waals surface area contributed by atoms with E-state index in [4.69, 9.17) is 4.74 Å². The number of hydrogen-bond donors (Lipinski definition) is 1. The van der Waals surface area contributed by atoms with Crippen LogP contribution in [-0.2, 0) is 22.4 Å². The van der Waals surface area contributed by atoms with Crippen LogP contribution in [0.1, 0.15) is 17.5 Å². The van der Waals surface area contributed by atoms with Crippen LogP contribution in [-0.4, -0.2) is 49.7 Å². The summed E-state index contributed by atoms with van der Waals surface area (Å²) in [6.07, 6.45) is 2.49. The number of hydrogen-bond acceptors (Lipinski definition) is 3. The van der Waals surface area contributed by atoms with E-state index in [9.17, 15) is 4.79 Å². The Balaban J connectivity index is 0.00000161. The Bertz CT molecular complexity index is 464. The van der Waals surface area contributed by atoms with Gasteiger partial charge in [0.05, 0.1) is 13.2 Å². The first-order valence-electron chi connectivity index (χ1n) is 7.37. The van der Waals surface area contributed by atoms with Gasteiger partial charge in [-0.05, 0) is 24.0 Å². The number of halogens is 1. The van der Waals surface area contributed by atoms with Gasteiger partial charge in [-0.25, -0.2) is 0 Å². The number of nitrogens with zero attached hydrogens (tertiary/aromatic N) is 1. The molecule has 0 saturated carbocycles. The molecule has 1 saturated heterocycles. The summed E-state index contributed by atoms with van der Waals surface area (Å²) in [7, 11) is 1.93. The highest BCUT2D eigenvalue weighted by Crippen LogP contribution is 2.25. The van der Waals surface area contributed by atoms with Gasteiger partial charge in [0.25, 0.3) is 0 Å². The van der Waals surface area contributed by atoms with Crippen LogP contribution in [0.3, 0.4) is 0 Å². The molecule has 1 heterocycles. The number of amides is 1. The van der Waals surface area contributed by atoms with Gasteiger partial charge in [-0.3, -0.25) is 4.79 Å². The summed E-state index contributed by atoms with van der Waals surface area (Å²) in [5, 5.41) is 3.34. The van der Waals surface area contributed by atoms with Crippen LogP contribution in [0.2, 0.25) is 0 Å². The highest BCUT2D eigenvalue weighted by molar-refractivity contribution is 5.85. The van der Waals surface area contributed by atoms with E-state index >= 15 is 0 Å². The number of carbonyl (C=O) groups excluding carboxylic acids is 1. The summed E-state index contributed by atoms with van der Waals surface area (Å²) in [4.78, 5) is 14.3. The summed E-state index contributed by atoms with van der Waals surface area (Å²) in [5.41, 5.74) is 2.77. The van der Waals surface area contributed by atoms with Crippen molar-refractivity contribution < 1.29 is 9.53 Å². The monoisotopic (exact) mass is 310 g/mol. The first-order chi connectivity index (χ1) is 9.74. The van der Waals surface area contributed by atoms with Gasteiger partial charge in [0, 0.05) is 32.1 Å². The van der Waals surface area contributed by atoms with E-state index in [-0.39, 0.29) is 24.4 Å². The molecule has 1 aliphatic heterocycles. The zero-order chi connectivity index (χ0) is 13.9. The molecule has 1 fully saturated rings. The number of carbonyl (C=O) groups is 1. The van der Waals surface area contributed by atoms with E-state index in [1.807, 2.05) is 11.9 Å². The van der Waals surface area contributed by atoms with Crippen LogP contribution in [0.15, 0.2) is 24.3 Å². The number of ether oxygens (including phenoxy) is 1. The topological polar surface area (TPSA) is 41.6 Å². The van der Waals surface area contributed by atoms with E-state index in [2.05, 4.69) is 29.6 Å². The number of fused-ring (bicyclic) bond motifs is 1. The molecule has 1 amide bonds. The van der Waals surface area contributed by atoms with Gasteiger partial charge < -0.3 is 15.0 Å². The van der Waals surface area contributed by atoms with Crippen LogP contribution in [0.5, 0.6) is 0 Å². The second-order valence-corrected chi connectivity index (χ2v) is 5.77. The summed E-state index contributed by atoms with van der Waals surface area (Å²) in [6.45, 7) is 2.24. The molecule has 0 radical (unpaired) electrons. The second kappa shape index (κ2) is 7.25. The molecule has 0 spiro atoms. The van der Waals surface area contributed by atoms with Gasteiger partial charge in [-0.2, -0.15) is 0 Å². The molecule has 5 heteroatoms. The Labute approximate surface area is 132 Å². The third-order valence-corrected chi connectivity index (χ3v) is 4.39. The van der Waals surface area contributed by atoms with E-state index in [1.165, 1.54) is 11.1 Å². The highest BCUT2D eigenvalue weighted by Gasteiger charge is 2.28. The molecule has 3 rings (SSSR count). The van der Waals surface area contributed by atoms with Crippen molar-refractivity contribution in [1.82, 2.24) is 10.2 Å². The van der Waals surface area contributed by atoms with Crippen LogP contribution in [0.4, 0.5) is 0 Å². The fourth-order valence-electron chi connectivity index (χ4n) is 3.12. The minimum Gasteiger partial charge on any atom is -0.378 e.